The number of imidazole rings is 1. The van der Waals surface area contributed by atoms with Crippen molar-refractivity contribution in [3.8, 4) is 34.5 Å². The zero-order valence-corrected chi connectivity index (χ0v) is 63.0. The Morgan fingerprint density at radius 1 is 0.788 bits per heavy atom. The number of imide groups is 1. The molecule has 6 saturated heterocycles. The summed E-state index contributed by atoms with van der Waals surface area (Å²) < 4.78 is 59.1. The molecule has 9 heterocycles. The van der Waals surface area contributed by atoms with Crippen LogP contribution in [0.15, 0.2) is 53.5 Å². The lowest BCUT2D eigenvalue weighted by Gasteiger charge is -2.42. The maximum absolute atomic E-state index is 18.6. The number of aromatic nitrogens is 5. The third-order valence-electron chi connectivity index (χ3n) is 24.2. The Balaban J connectivity index is 0.746. The van der Waals surface area contributed by atoms with Gasteiger partial charge in [0.25, 0.3) is 8.32 Å². The molecule has 3 aromatic carbocycles. The molecule has 0 spiro atoms. The molecule has 99 heavy (non-hydrogen) atoms. The van der Waals surface area contributed by atoms with E-state index in [0.29, 0.717) is 106 Å². The van der Waals surface area contributed by atoms with Gasteiger partial charge in [0.05, 0.1) is 33.1 Å². The van der Waals surface area contributed by atoms with Gasteiger partial charge >= 0.3 is 17.8 Å². The molecule has 0 radical (unpaired) electrons. The minimum atomic E-state index is -2.58. The maximum Gasteiger partial charge on any atom is 0.409 e. The minimum absolute atomic E-state index is 0.00134. The minimum Gasteiger partial charge on any atom is -0.543 e. The number of carbonyl (C=O) groups is 3. The number of fused-ring (bicyclic) bond motifs is 4. The van der Waals surface area contributed by atoms with Gasteiger partial charge in [0.15, 0.2) is 5.82 Å². The number of nitrogens with zero attached hydrogens (tertiary/aromatic N) is 9. The number of nitrogens with one attached hydrogen (secondary N) is 1. The quantitative estimate of drug-likeness (QED) is 0.0442. The topological polar surface area (TPSA) is 190 Å². The summed E-state index contributed by atoms with van der Waals surface area (Å²) in [6.07, 6.45) is 10.3. The third-order valence-corrected chi connectivity index (χ3v) is 36.5. The van der Waals surface area contributed by atoms with Gasteiger partial charge in [0, 0.05) is 69.4 Å². The highest BCUT2D eigenvalue weighted by molar-refractivity contribution is 6.90. The third kappa shape index (κ3) is 13.7. The van der Waals surface area contributed by atoms with Crippen LogP contribution in [0.2, 0.25) is 33.2 Å². The van der Waals surface area contributed by atoms with Crippen molar-refractivity contribution in [2.24, 2.45) is 13.0 Å². The lowest BCUT2D eigenvalue weighted by atomic mass is 9.88. The molecule has 0 saturated carbocycles. The van der Waals surface area contributed by atoms with Crippen LogP contribution in [0.1, 0.15) is 190 Å². The second-order valence-electron chi connectivity index (χ2n) is 32.1. The van der Waals surface area contributed by atoms with E-state index in [1.165, 1.54) is 16.2 Å². The van der Waals surface area contributed by atoms with Gasteiger partial charge < -0.3 is 33.7 Å². The van der Waals surface area contributed by atoms with Crippen molar-refractivity contribution in [2.45, 2.75) is 229 Å². The number of anilines is 1. The number of aliphatic hydroxyl groups is 1. The standard InChI is InChI=1S/C77H106F2N10O8Si2/c1-47(2)98(48(3)4,49(5)6)38-28-59-62(78)19-17-56-39-58(97-99(50(7)8,51(9)10)52(11)12)41-60(67(56)59)69-68(79)70-61(42-80-69)71(87-32-15-29-76(13,94)45-87)83-73(82-70)96-46-77-30-16-33-88(77)57(23-31-77)44-95-75(93)86-36-24-53(25-37-86)43-85-34-26-54(27-35-85)55-18-20-63-65(40-55)84(14)74(92)89(63)64-21-22-66(90)81-72(64)91/h17-20,39-42,47-54,57,64,94H,15-16,21-27,29-37,43-46H2,1-14H3,(H,81,90,91)/t57-,64?,76-,77-/m1/s1. The smallest absolute Gasteiger partial charge is 0.409 e. The van der Waals surface area contributed by atoms with Crippen molar-refractivity contribution in [3.63, 3.8) is 0 Å². The average molecular weight is 1390 g/mol. The summed E-state index contributed by atoms with van der Waals surface area (Å²) in [5.74, 6) is 3.31. The number of pyridine rings is 1. The Kier molecular flexibility index (Phi) is 20.8. The predicted octanol–water partition coefficient (Wildman–Crippen LogP) is 14.3. The number of likely N-dealkylation sites (tertiary alicyclic amines) is 2. The molecule has 22 heteroatoms. The number of hydrogen-bond acceptors (Lipinski definition) is 14. The number of aryl methyl sites for hydroxylation is 1. The normalized spacial score (nSPS) is 22.7. The van der Waals surface area contributed by atoms with Gasteiger partial charge in [0.1, 0.15) is 55.9 Å². The molecule has 18 nitrogen and oxygen atoms in total. The summed E-state index contributed by atoms with van der Waals surface area (Å²) in [6.45, 7) is 34.9. The van der Waals surface area contributed by atoms with Gasteiger partial charge in [-0.15, -0.1) is 5.54 Å². The van der Waals surface area contributed by atoms with Crippen molar-refractivity contribution in [1.29, 1.82) is 0 Å². The van der Waals surface area contributed by atoms with E-state index >= 15 is 8.78 Å². The molecule has 2 N–H and O–H groups in total. The van der Waals surface area contributed by atoms with Crippen LogP contribution in [-0.2, 0) is 21.4 Å². The Bertz CT molecular complexity index is 4120. The molecule has 0 bridgehead atoms. The Hall–Kier alpha value is -6.78. The zero-order valence-electron chi connectivity index (χ0n) is 61.0. The molecule has 6 aliphatic heterocycles. The lowest BCUT2D eigenvalue weighted by Crippen LogP contribution is -2.50. The monoisotopic (exact) mass is 1390 g/mol. The fraction of sp³-hybridized carbons (Fsp3) is 0.623. The first kappa shape index (κ1) is 72.0. The van der Waals surface area contributed by atoms with E-state index in [4.69, 9.17) is 28.9 Å². The molecular formula is C77H106F2N10O8Si2. The highest BCUT2D eigenvalue weighted by Gasteiger charge is 2.51. The first-order valence-electron chi connectivity index (χ1n) is 37.0. The van der Waals surface area contributed by atoms with E-state index in [-0.39, 0.29) is 94.9 Å². The van der Waals surface area contributed by atoms with Crippen LogP contribution in [-0.4, -0.2) is 161 Å². The van der Waals surface area contributed by atoms with Crippen LogP contribution in [0, 0.1) is 29.0 Å². The summed E-state index contributed by atoms with van der Waals surface area (Å²) in [5, 5.41) is 15.4. The largest absolute Gasteiger partial charge is 0.543 e. The molecule has 3 aromatic heterocycles. The molecule has 3 amide bonds. The fourth-order valence-electron chi connectivity index (χ4n) is 19.1. The molecule has 534 valence electrons. The van der Waals surface area contributed by atoms with Gasteiger partial charge in [0.2, 0.25) is 11.8 Å². The van der Waals surface area contributed by atoms with Crippen molar-refractivity contribution in [1.82, 2.24) is 44.1 Å². The van der Waals surface area contributed by atoms with Crippen LogP contribution in [0.4, 0.5) is 19.4 Å². The molecule has 4 atom stereocenters. The number of benzene rings is 3. The van der Waals surface area contributed by atoms with Crippen LogP contribution in [0.5, 0.6) is 11.8 Å². The Morgan fingerprint density at radius 3 is 2.15 bits per heavy atom. The second-order valence-corrected chi connectivity index (χ2v) is 43.1. The van der Waals surface area contributed by atoms with Gasteiger partial charge in [-0.05, 0) is 184 Å². The number of carbonyl (C=O) groups excluding carboxylic acids is 3. The Morgan fingerprint density at radius 2 is 1.48 bits per heavy atom. The highest BCUT2D eigenvalue weighted by Crippen LogP contribution is 2.48. The van der Waals surface area contributed by atoms with Gasteiger partial charge in [-0.25, -0.2) is 18.4 Å². The summed E-state index contributed by atoms with van der Waals surface area (Å²) in [4.78, 5) is 75.7. The van der Waals surface area contributed by atoms with E-state index in [0.717, 1.165) is 83.1 Å². The molecule has 6 aromatic rings. The lowest BCUT2D eigenvalue weighted by molar-refractivity contribution is -0.135. The van der Waals surface area contributed by atoms with Gasteiger partial charge in [-0.1, -0.05) is 101 Å². The number of piperidine rings is 4. The van der Waals surface area contributed by atoms with Gasteiger partial charge in [-0.3, -0.25) is 33.9 Å². The molecule has 6 aliphatic rings. The van der Waals surface area contributed by atoms with Crippen LogP contribution < -0.4 is 25.1 Å². The summed E-state index contributed by atoms with van der Waals surface area (Å²) >= 11 is 0. The van der Waals surface area contributed by atoms with Crippen molar-refractivity contribution < 1.29 is 42.2 Å². The van der Waals surface area contributed by atoms with Crippen LogP contribution in [0.25, 0.3) is 44.0 Å². The summed E-state index contributed by atoms with van der Waals surface area (Å²) in [5.41, 5.74) is 6.90. The molecule has 0 aliphatic carbocycles. The number of β-amino-alcohol motifs (C(OH)–C–C–N with tert-alkyl or cyclic N) is 1. The number of rotatable bonds is 19. The van der Waals surface area contributed by atoms with Crippen LogP contribution in [0.3, 0.4) is 0 Å². The molecular weight excluding hydrogens is 1290 g/mol. The SMILES string of the molecule is CC(C)[Si](C#Cc1c(F)ccc2cc(O[Si](C(C)C)(C(C)C)C(C)C)cc(-c3ncc4c(N5CCC[C@@](C)(O)C5)nc(OC[C@]56CCCN5[C@@H](COC(=O)N5CCC(CN7CCC(c8ccc9c(c8)n(C)c(=O)n9C8CCC(=O)NC8=O)CC7)CC5)CC6)nc4c3F)c12)(C(C)C)C(C)C. The fourth-order valence-corrected chi connectivity index (χ4v) is 29.5. The molecule has 6 fully saturated rings. The first-order valence-corrected chi connectivity index (χ1v) is 41.3. The number of halogens is 2. The average Bonchev–Trinajstić information content (AvgIpc) is 1.04. The first-order chi connectivity index (χ1) is 47.1. The van der Waals surface area contributed by atoms with Crippen LogP contribution >= 0.6 is 0 Å². The van der Waals surface area contributed by atoms with E-state index in [1.807, 2.05) is 34.9 Å². The number of hydrogen-bond donors (Lipinski definition) is 2. The Labute approximate surface area is 585 Å². The van der Waals surface area contributed by atoms with E-state index < -0.39 is 45.6 Å². The zero-order chi connectivity index (χ0) is 70.8. The second kappa shape index (κ2) is 28.6. The van der Waals surface area contributed by atoms with E-state index in [2.05, 4.69) is 122 Å². The van der Waals surface area contributed by atoms with E-state index in [9.17, 15) is 24.3 Å². The highest BCUT2D eigenvalue weighted by atomic mass is 28.4. The van der Waals surface area contributed by atoms with Crippen molar-refractivity contribution in [2.75, 3.05) is 70.5 Å². The maximum atomic E-state index is 18.6. The summed E-state index contributed by atoms with van der Waals surface area (Å²) in [7, 11) is -3.23. The number of amides is 3. The van der Waals surface area contributed by atoms with Gasteiger partial charge in [-0.2, -0.15) is 9.97 Å². The molecule has 1 unspecified atom stereocenters. The van der Waals surface area contributed by atoms with Crippen molar-refractivity contribution in [3.05, 3.63) is 81.9 Å². The van der Waals surface area contributed by atoms with Crippen molar-refractivity contribution >= 4 is 72.8 Å². The predicted molar refractivity (Wildman–Crippen MR) is 392 cm³/mol. The summed E-state index contributed by atoms with van der Waals surface area (Å²) in [6, 6.07) is 12.5. The molecule has 12 rings (SSSR count). The van der Waals surface area contributed by atoms with E-state index in [1.54, 1.807) is 23.9 Å². The number of ether oxygens (including phenoxy) is 2.